The van der Waals surface area contributed by atoms with Crippen LogP contribution in [0, 0.1) is 11.8 Å². The summed E-state index contributed by atoms with van der Waals surface area (Å²) >= 11 is 3.00. The third-order valence-electron chi connectivity index (χ3n) is 6.99. The number of benzene rings is 1. The number of Topliss-reactive ketones (excluding diaryl/α,β-unsaturated/α-hetero) is 2. The first-order chi connectivity index (χ1) is 16.4. The van der Waals surface area contributed by atoms with Gasteiger partial charge in [0.1, 0.15) is 17.1 Å². The Kier molecular flexibility index (Phi) is 6.02. The molecule has 3 aliphatic carbocycles. The first-order valence-corrected chi connectivity index (χ1v) is 11.8. The molecule has 1 aromatic rings. The summed E-state index contributed by atoms with van der Waals surface area (Å²) in [6, 6.07) is 1.98. The molecule has 0 saturated heterocycles. The summed E-state index contributed by atoms with van der Waals surface area (Å²) in [5.74, 6) is -7.66. The normalized spacial score (nSPS) is 28.0. The summed E-state index contributed by atoms with van der Waals surface area (Å²) in [5.41, 5.74) is 1.76. The van der Waals surface area contributed by atoms with Crippen molar-refractivity contribution in [3.05, 3.63) is 45.9 Å². The Labute approximate surface area is 208 Å². The van der Waals surface area contributed by atoms with Gasteiger partial charge in [-0.1, -0.05) is 22.0 Å². The molecule has 0 fully saturated rings. The number of nitrogens with two attached hydrogens (primary N) is 1. The van der Waals surface area contributed by atoms with Crippen molar-refractivity contribution in [2.45, 2.75) is 24.5 Å². The second-order valence-electron chi connectivity index (χ2n) is 9.14. The van der Waals surface area contributed by atoms with E-state index < -0.39 is 69.7 Å². The average molecular weight is 550 g/mol. The lowest BCUT2D eigenvalue weighted by atomic mass is 9.58. The summed E-state index contributed by atoms with van der Waals surface area (Å²) < 4.78 is 0. The molecule has 0 spiro atoms. The quantitative estimate of drug-likeness (QED) is 0.176. The van der Waals surface area contributed by atoms with Crippen molar-refractivity contribution in [2.24, 2.45) is 17.6 Å². The zero-order chi connectivity index (χ0) is 26.0. The Morgan fingerprint density at radius 1 is 1.23 bits per heavy atom. The number of hydrogen-bond acceptors (Lipinski definition) is 9. The molecule has 4 rings (SSSR count). The smallest absolute Gasteiger partial charge is 0.255 e. The molecule has 0 bridgehead atoms. The number of aliphatic hydroxyl groups excluding tert-OH is 2. The number of primary amides is 1. The van der Waals surface area contributed by atoms with Gasteiger partial charge in [-0.2, -0.15) is 0 Å². The van der Waals surface area contributed by atoms with Crippen LogP contribution in [0.4, 0.5) is 5.69 Å². The van der Waals surface area contributed by atoms with Gasteiger partial charge in [-0.15, -0.1) is 0 Å². The Balaban J connectivity index is 1.90. The number of fused-ring (bicyclic) bond motifs is 3. The number of anilines is 1. The third-order valence-corrected chi connectivity index (χ3v) is 7.50. The van der Waals surface area contributed by atoms with Gasteiger partial charge in [0.15, 0.2) is 17.1 Å². The SMILES string of the molecule is CN(C)[C@@H]1C(O)=C(C(N)=O)C(=O)C2(O)C(O)=C3C(=O)c4c(ccc(NC(=O)CBr)c4O)CC3CC12. The number of aromatic hydroxyl groups is 1. The van der Waals surface area contributed by atoms with Crippen molar-refractivity contribution in [3.63, 3.8) is 0 Å². The minimum atomic E-state index is -2.69. The number of alkyl halides is 1. The molecule has 0 radical (unpaired) electrons. The number of hydrogen-bond donors (Lipinski definition) is 6. The molecule has 11 nitrogen and oxygen atoms in total. The zero-order valence-corrected chi connectivity index (χ0v) is 20.4. The fourth-order valence-electron chi connectivity index (χ4n) is 5.51. The van der Waals surface area contributed by atoms with E-state index in [0.29, 0.717) is 5.56 Å². The maximum Gasteiger partial charge on any atom is 0.255 e. The standard InChI is InChI=1S/C23H24BrN3O8/c1-27(2)16-10-6-9-5-8-3-4-11(26-12(28)7-24)17(29)13(8)18(30)14(9)20(32)23(10,35)21(33)15(19(16)31)22(25)34/h3-4,9-10,16,29,31-32,35H,5-7H2,1-2H3,(H2,25,34)(H,26,28)/t9?,10?,16-,23?/m0/s1. The van der Waals surface area contributed by atoms with Gasteiger partial charge in [-0.05, 0) is 44.5 Å². The number of nitrogens with one attached hydrogen (secondary N) is 1. The molecule has 0 heterocycles. The van der Waals surface area contributed by atoms with E-state index in [1.807, 2.05) is 0 Å². The molecule has 0 saturated carbocycles. The molecular formula is C23H24BrN3O8. The van der Waals surface area contributed by atoms with Gasteiger partial charge in [0.2, 0.25) is 11.7 Å². The number of nitrogens with zero attached hydrogens (tertiary/aromatic N) is 1. The molecule has 0 aromatic heterocycles. The maximum absolute atomic E-state index is 13.5. The molecule has 2 amide bonds. The molecule has 1 aromatic carbocycles. The summed E-state index contributed by atoms with van der Waals surface area (Å²) in [7, 11) is 3.13. The highest BCUT2D eigenvalue weighted by Gasteiger charge is 2.63. The van der Waals surface area contributed by atoms with Gasteiger partial charge in [-0.25, -0.2) is 0 Å². The van der Waals surface area contributed by atoms with E-state index in [1.54, 1.807) is 20.2 Å². The van der Waals surface area contributed by atoms with Gasteiger partial charge in [0.05, 0.1) is 22.6 Å². The van der Waals surface area contributed by atoms with Crippen LogP contribution in [0.3, 0.4) is 0 Å². The number of allylic oxidation sites excluding steroid dienone is 1. The van der Waals surface area contributed by atoms with Gasteiger partial charge >= 0.3 is 0 Å². The summed E-state index contributed by atoms with van der Waals surface area (Å²) in [6.07, 6.45) is 0.184. The van der Waals surface area contributed by atoms with Gasteiger partial charge < -0.3 is 31.5 Å². The van der Waals surface area contributed by atoms with Crippen LogP contribution in [-0.4, -0.2) is 79.8 Å². The fraction of sp³-hybridized carbons (Fsp3) is 0.391. The van der Waals surface area contributed by atoms with Gasteiger partial charge in [-0.3, -0.25) is 24.1 Å². The number of phenolic OH excluding ortho intramolecular Hbond substituents is 1. The van der Waals surface area contributed by atoms with Crippen LogP contribution in [0.1, 0.15) is 22.3 Å². The Morgan fingerprint density at radius 3 is 2.46 bits per heavy atom. The zero-order valence-electron chi connectivity index (χ0n) is 18.8. The lowest BCUT2D eigenvalue weighted by molar-refractivity contribution is -0.148. The molecule has 7 N–H and O–H groups in total. The number of rotatable bonds is 4. The lowest BCUT2D eigenvalue weighted by Crippen LogP contribution is -2.63. The number of halogens is 1. The number of likely N-dealkylation sites (N-methyl/N-ethyl adjacent to an activating group) is 1. The molecule has 3 aliphatic rings. The van der Waals surface area contributed by atoms with Crippen LogP contribution in [-0.2, 0) is 20.8 Å². The molecule has 0 aliphatic heterocycles. The Bertz CT molecular complexity index is 1250. The summed E-state index contributed by atoms with van der Waals surface area (Å²) in [5, 5.41) is 46.6. The average Bonchev–Trinajstić information content (AvgIpc) is 2.77. The van der Waals surface area contributed by atoms with E-state index in [0.717, 1.165) is 0 Å². The second kappa shape index (κ2) is 8.47. The van der Waals surface area contributed by atoms with E-state index in [1.165, 1.54) is 11.0 Å². The highest BCUT2D eigenvalue weighted by Crippen LogP contribution is 2.52. The molecule has 186 valence electrons. The lowest BCUT2D eigenvalue weighted by Gasteiger charge is -2.50. The van der Waals surface area contributed by atoms with Crippen LogP contribution < -0.4 is 11.1 Å². The predicted octanol–water partition coefficient (Wildman–Crippen LogP) is 0.454. The van der Waals surface area contributed by atoms with Crippen LogP contribution in [0.25, 0.3) is 0 Å². The van der Waals surface area contributed by atoms with Crippen molar-refractivity contribution >= 4 is 45.0 Å². The minimum absolute atomic E-state index is 0.00853. The minimum Gasteiger partial charge on any atom is -0.510 e. The van der Waals surface area contributed by atoms with Crippen LogP contribution in [0.2, 0.25) is 0 Å². The fourth-order valence-corrected chi connectivity index (χ4v) is 5.65. The van der Waals surface area contributed by atoms with Crippen molar-refractivity contribution in [2.75, 3.05) is 24.7 Å². The number of amides is 2. The van der Waals surface area contributed by atoms with E-state index in [2.05, 4.69) is 21.2 Å². The molecule has 35 heavy (non-hydrogen) atoms. The van der Waals surface area contributed by atoms with Crippen LogP contribution in [0.15, 0.2) is 34.8 Å². The van der Waals surface area contributed by atoms with Gasteiger partial charge in [0.25, 0.3) is 5.91 Å². The third kappa shape index (κ3) is 3.46. The summed E-state index contributed by atoms with van der Waals surface area (Å²) in [4.78, 5) is 52.0. The summed E-state index contributed by atoms with van der Waals surface area (Å²) in [6.45, 7) is 0. The molecule has 12 heteroatoms. The van der Waals surface area contributed by atoms with Crippen LogP contribution >= 0.6 is 15.9 Å². The van der Waals surface area contributed by atoms with E-state index in [4.69, 9.17) is 5.73 Å². The van der Waals surface area contributed by atoms with E-state index >= 15 is 0 Å². The first-order valence-electron chi connectivity index (χ1n) is 10.7. The predicted molar refractivity (Wildman–Crippen MR) is 126 cm³/mol. The molecule has 3 unspecified atom stereocenters. The second-order valence-corrected chi connectivity index (χ2v) is 9.70. The number of carbonyl (C=O) groups is 4. The highest BCUT2D eigenvalue weighted by molar-refractivity contribution is 9.09. The molecule has 4 atom stereocenters. The number of ketones is 2. The Hall–Kier alpha value is -3.22. The number of aliphatic hydroxyl groups is 3. The van der Waals surface area contributed by atoms with Crippen molar-refractivity contribution < 1.29 is 39.6 Å². The first kappa shape index (κ1) is 24.9. The topological polar surface area (TPSA) is 190 Å². The monoisotopic (exact) mass is 549 g/mol. The van der Waals surface area contributed by atoms with Crippen molar-refractivity contribution in [3.8, 4) is 5.75 Å². The van der Waals surface area contributed by atoms with Crippen molar-refractivity contribution in [1.82, 2.24) is 4.90 Å². The van der Waals surface area contributed by atoms with Crippen molar-refractivity contribution in [1.29, 1.82) is 0 Å². The van der Waals surface area contributed by atoms with E-state index in [9.17, 15) is 39.6 Å². The highest BCUT2D eigenvalue weighted by atomic mass is 79.9. The molecular weight excluding hydrogens is 526 g/mol. The largest absolute Gasteiger partial charge is 0.510 e. The van der Waals surface area contributed by atoms with Crippen LogP contribution in [0.5, 0.6) is 5.75 Å². The van der Waals surface area contributed by atoms with Gasteiger partial charge in [0, 0.05) is 11.5 Å². The van der Waals surface area contributed by atoms with E-state index in [-0.39, 0.29) is 35.0 Å². The maximum atomic E-state index is 13.5. The number of phenols is 1. The Morgan fingerprint density at radius 2 is 1.89 bits per heavy atom. The number of carbonyl (C=O) groups excluding carboxylic acids is 4.